The maximum atomic E-state index is 12.1. The van der Waals surface area contributed by atoms with Crippen molar-refractivity contribution in [1.82, 2.24) is 4.90 Å². The van der Waals surface area contributed by atoms with Crippen LogP contribution in [0.4, 0.5) is 0 Å². The molecule has 0 spiro atoms. The van der Waals surface area contributed by atoms with Crippen molar-refractivity contribution in [1.29, 1.82) is 0 Å². The minimum absolute atomic E-state index is 0.0264. The fourth-order valence-electron chi connectivity index (χ4n) is 1.83. The first-order valence-electron chi connectivity index (χ1n) is 5.91. The molecule has 1 aromatic rings. The van der Waals surface area contributed by atoms with E-state index in [1.165, 1.54) is 0 Å². The zero-order chi connectivity index (χ0) is 15.6. The Morgan fingerprint density at radius 2 is 1.95 bits per heavy atom. The lowest BCUT2D eigenvalue weighted by atomic mass is 10.1. The number of rotatable bonds is 5. The zero-order valence-corrected chi connectivity index (χ0v) is 13.0. The first kappa shape index (κ1) is 15.9. The van der Waals surface area contributed by atoms with E-state index in [-0.39, 0.29) is 16.5 Å². The van der Waals surface area contributed by atoms with Crippen molar-refractivity contribution in [2.75, 3.05) is 6.54 Å². The average molecular weight is 344 g/mol. The number of hydrogen-bond donors (Lipinski definition) is 1. The number of carbonyl (C=O) groups excluding carboxylic acids is 2. The van der Waals surface area contributed by atoms with Gasteiger partial charge in [-0.2, -0.15) is 0 Å². The van der Waals surface area contributed by atoms with Crippen LogP contribution in [0.3, 0.4) is 0 Å². The summed E-state index contributed by atoms with van der Waals surface area (Å²) >= 11 is 11.8. The molecule has 1 N–H and O–H groups in total. The van der Waals surface area contributed by atoms with E-state index in [0.29, 0.717) is 10.6 Å². The largest absolute Gasteiger partial charge is 0.480 e. The van der Waals surface area contributed by atoms with Gasteiger partial charge in [-0.05, 0) is 24.3 Å². The molecule has 1 saturated heterocycles. The minimum Gasteiger partial charge on any atom is -0.480 e. The summed E-state index contributed by atoms with van der Waals surface area (Å²) < 4.78 is 0.191. The first-order chi connectivity index (χ1) is 9.88. The third kappa shape index (κ3) is 3.81. The van der Waals surface area contributed by atoms with Crippen LogP contribution in [-0.4, -0.2) is 43.8 Å². The summed E-state index contributed by atoms with van der Waals surface area (Å²) in [5, 5.41) is 8.59. The molecule has 1 amide bonds. The molecule has 1 fully saturated rings. The van der Waals surface area contributed by atoms with E-state index in [2.05, 4.69) is 0 Å². The Morgan fingerprint density at radius 1 is 1.33 bits per heavy atom. The number of carbonyl (C=O) groups is 3. The van der Waals surface area contributed by atoms with Crippen molar-refractivity contribution in [3.63, 3.8) is 0 Å². The molecule has 1 aliphatic heterocycles. The SMILES string of the molecule is O=C(O)CN1C(=O)[C@H](CC(=O)c2ccc(Cl)cc2)SC1=S. The molecule has 2 rings (SSSR count). The molecule has 21 heavy (non-hydrogen) atoms. The summed E-state index contributed by atoms with van der Waals surface area (Å²) in [6.07, 6.45) is -0.0264. The van der Waals surface area contributed by atoms with Crippen molar-refractivity contribution in [3.8, 4) is 0 Å². The Kier molecular flexibility index (Phi) is 4.97. The number of halogens is 1. The van der Waals surface area contributed by atoms with E-state index in [1.807, 2.05) is 0 Å². The molecule has 1 atom stereocenters. The molecular weight excluding hydrogens is 334 g/mol. The molecule has 1 heterocycles. The van der Waals surface area contributed by atoms with Gasteiger partial charge in [-0.25, -0.2) is 0 Å². The summed E-state index contributed by atoms with van der Waals surface area (Å²) in [6, 6.07) is 6.36. The predicted molar refractivity (Wildman–Crippen MR) is 83.7 cm³/mol. The maximum Gasteiger partial charge on any atom is 0.323 e. The normalized spacial score (nSPS) is 18.1. The number of ketones is 1. The number of Topliss-reactive ketones (excluding diaryl/α,β-unsaturated/α-hetero) is 1. The lowest BCUT2D eigenvalue weighted by Gasteiger charge is -2.12. The topological polar surface area (TPSA) is 74.7 Å². The van der Waals surface area contributed by atoms with E-state index in [4.69, 9.17) is 28.9 Å². The number of amides is 1. The van der Waals surface area contributed by atoms with Crippen molar-refractivity contribution in [3.05, 3.63) is 34.9 Å². The van der Waals surface area contributed by atoms with Crippen molar-refractivity contribution in [2.24, 2.45) is 0 Å². The summed E-state index contributed by atoms with van der Waals surface area (Å²) in [5.41, 5.74) is 0.454. The van der Waals surface area contributed by atoms with Crippen molar-refractivity contribution < 1.29 is 19.5 Å². The van der Waals surface area contributed by atoms with Gasteiger partial charge in [0.15, 0.2) is 5.78 Å². The highest BCUT2D eigenvalue weighted by Gasteiger charge is 2.38. The smallest absolute Gasteiger partial charge is 0.323 e. The van der Waals surface area contributed by atoms with Gasteiger partial charge in [-0.3, -0.25) is 19.3 Å². The molecule has 0 radical (unpaired) electrons. The quantitative estimate of drug-likeness (QED) is 0.652. The minimum atomic E-state index is -1.14. The molecule has 0 aliphatic carbocycles. The Morgan fingerprint density at radius 3 is 2.52 bits per heavy atom. The van der Waals surface area contributed by atoms with Gasteiger partial charge >= 0.3 is 5.97 Å². The van der Waals surface area contributed by atoms with Crippen LogP contribution >= 0.6 is 35.6 Å². The van der Waals surface area contributed by atoms with Crippen LogP contribution in [0.5, 0.6) is 0 Å². The van der Waals surface area contributed by atoms with Crippen LogP contribution in [0.25, 0.3) is 0 Å². The van der Waals surface area contributed by atoms with E-state index >= 15 is 0 Å². The van der Waals surface area contributed by atoms with E-state index in [9.17, 15) is 14.4 Å². The Labute approximate surface area is 135 Å². The molecule has 5 nitrogen and oxygen atoms in total. The Bertz CT molecular complexity index is 617. The van der Waals surface area contributed by atoms with Crippen LogP contribution < -0.4 is 0 Å². The third-order valence-electron chi connectivity index (χ3n) is 2.84. The van der Waals surface area contributed by atoms with Crippen molar-refractivity contribution >= 4 is 57.6 Å². The number of aliphatic carboxylic acids is 1. The molecule has 1 aliphatic rings. The third-order valence-corrected chi connectivity index (χ3v) is 4.67. The second-order valence-corrected chi connectivity index (χ2v) is 6.60. The highest BCUT2D eigenvalue weighted by molar-refractivity contribution is 8.24. The molecule has 0 saturated carbocycles. The lowest BCUT2D eigenvalue weighted by molar-refractivity contribution is -0.141. The summed E-state index contributed by atoms with van der Waals surface area (Å²) in [6.45, 7) is -0.476. The molecule has 8 heteroatoms. The fraction of sp³-hybridized carbons (Fsp3) is 0.231. The Hall–Kier alpha value is -1.44. The Balaban J connectivity index is 2.05. The number of hydrogen-bond acceptors (Lipinski definition) is 5. The van der Waals surface area contributed by atoms with Gasteiger partial charge in [0.2, 0.25) is 5.91 Å². The van der Waals surface area contributed by atoms with Gasteiger partial charge < -0.3 is 5.11 Å². The van der Waals surface area contributed by atoms with Gasteiger partial charge in [0.25, 0.3) is 0 Å². The average Bonchev–Trinajstić information content (AvgIpc) is 2.67. The number of thioether (sulfide) groups is 1. The second-order valence-electron chi connectivity index (χ2n) is 4.32. The van der Waals surface area contributed by atoms with Gasteiger partial charge in [-0.1, -0.05) is 35.6 Å². The van der Waals surface area contributed by atoms with Crippen LogP contribution in [0, 0.1) is 0 Å². The van der Waals surface area contributed by atoms with Crippen LogP contribution in [0.2, 0.25) is 5.02 Å². The highest BCUT2D eigenvalue weighted by Crippen LogP contribution is 2.30. The number of carboxylic acid groups (broad SMARTS) is 1. The number of nitrogens with zero attached hydrogens (tertiary/aromatic N) is 1. The number of carboxylic acids is 1. The molecule has 1 aromatic carbocycles. The zero-order valence-electron chi connectivity index (χ0n) is 10.6. The summed E-state index contributed by atoms with van der Waals surface area (Å²) in [5.74, 6) is -1.79. The van der Waals surface area contributed by atoms with Gasteiger partial charge in [0.05, 0.1) is 5.25 Å². The lowest BCUT2D eigenvalue weighted by Crippen LogP contribution is -2.36. The monoisotopic (exact) mass is 343 g/mol. The van der Waals surface area contributed by atoms with Gasteiger partial charge in [0, 0.05) is 17.0 Å². The highest BCUT2D eigenvalue weighted by atomic mass is 35.5. The van der Waals surface area contributed by atoms with E-state index in [1.54, 1.807) is 24.3 Å². The molecule has 0 bridgehead atoms. The van der Waals surface area contributed by atoms with Crippen molar-refractivity contribution in [2.45, 2.75) is 11.7 Å². The number of thiocarbonyl (C=S) groups is 1. The molecular formula is C13H10ClNO4S2. The summed E-state index contributed by atoms with van der Waals surface area (Å²) in [7, 11) is 0. The van der Waals surface area contributed by atoms with Gasteiger partial charge in [-0.15, -0.1) is 0 Å². The molecule has 0 aromatic heterocycles. The van der Waals surface area contributed by atoms with Crippen LogP contribution in [-0.2, 0) is 9.59 Å². The number of benzene rings is 1. The van der Waals surface area contributed by atoms with E-state index < -0.39 is 23.7 Å². The standard InChI is InChI=1S/C13H10ClNO4S2/c14-8-3-1-7(2-4-8)9(16)5-10-12(19)15(6-11(17)18)13(20)21-10/h1-4,10H,5-6H2,(H,17,18)/t10-/m0/s1. The van der Waals surface area contributed by atoms with Gasteiger partial charge in [0.1, 0.15) is 10.9 Å². The fourth-order valence-corrected chi connectivity index (χ4v) is 3.45. The molecule has 110 valence electrons. The summed E-state index contributed by atoms with van der Waals surface area (Å²) in [4.78, 5) is 35.9. The van der Waals surface area contributed by atoms with Crippen LogP contribution in [0.15, 0.2) is 24.3 Å². The maximum absolute atomic E-state index is 12.1. The van der Waals surface area contributed by atoms with E-state index in [0.717, 1.165) is 16.7 Å². The first-order valence-corrected chi connectivity index (χ1v) is 7.57. The van der Waals surface area contributed by atoms with Crippen LogP contribution in [0.1, 0.15) is 16.8 Å². The predicted octanol–water partition coefficient (Wildman–Crippen LogP) is 2.23. The second kappa shape index (κ2) is 6.55. The molecule has 0 unspecified atom stereocenters.